The molecule has 0 amide bonds. The molecular formula is C41H78O. The van der Waals surface area contributed by atoms with Crippen LogP contribution in [-0.4, -0.2) is 12.7 Å². The summed E-state index contributed by atoms with van der Waals surface area (Å²) in [6, 6.07) is 0. The second-order valence-corrected chi connectivity index (χ2v) is 16.2. The van der Waals surface area contributed by atoms with E-state index in [1.54, 1.807) is 12.0 Å². The zero-order valence-corrected chi connectivity index (χ0v) is 30.7. The summed E-state index contributed by atoms with van der Waals surface area (Å²) in [6.45, 7) is 21.1. The fourth-order valence-corrected chi connectivity index (χ4v) is 6.89. The average molecular weight is 587 g/mol. The number of methoxy groups -OCH3 is 1. The van der Waals surface area contributed by atoms with Gasteiger partial charge in [0.15, 0.2) is 0 Å². The molecule has 1 saturated carbocycles. The van der Waals surface area contributed by atoms with Crippen LogP contribution in [0.15, 0.2) is 23.3 Å². The molecular weight excluding hydrogens is 508 g/mol. The van der Waals surface area contributed by atoms with Crippen LogP contribution in [0.2, 0.25) is 0 Å². The van der Waals surface area contributed by atoms with E-state index in [0.29, 0.717) is 0 Å². The van der Waals surface area contributed by atoms with Crippen LogP contribution in [0.4, 0.5) is 0 Å². The van der Waals surface area contributed by atoms with Crippen molar-refractivity contribution < 1.29 is 4.74 Å². The molecule has 0 bridgehead atoms. The number of allylic oxidation sites excluding steroid dienone is 4. The standard InChI is InChI=1S/C41H78O/c1-33(2)18-13-20-35(4)24-16-26-38(7)29-30-40-32-39(40)28-12-11-19-34(3)21-14-22-36(5)23-15-25-37(6)27-17-31-41(8,9)42-10/h18,25,34-36,38-40H,11-17,19-24,26-32H2,1-10H3/b37-25+/t34?,35?,36?,38?,39-,40-/m0/s1. The highest BCUT2D eigenvalue weighted by Gasteiger charge is 2.35. The van der Waals surface area contributed by atoms with Crippen LogP contribution in [0.5, 0.6) is 0 Å². The molecule has 0 heterocycles. The maximum absolute atomic E-state index is 5.55. The molecule has 6 atom stereocenters. The van der Waals surface area contributed by atoms with Crippen LogP contribution in [0.3, 0.4) is 0 Å². The topological polar surface area (TPSA) is 9.23 Å². The minimum Gasteiger partial charge on any atom is -0.379 e. The molecule has 1 heteroatoms. The van der Waals surface area contributed by atoms with Crippen molar-refractivity contribution in [1.29, 1.82) is 0 Å². The van der Waals surface area contributed by atoms with Crippen LogP contribution in [0.25, 0.3) is 0 Å². The van der Waals surface area contributed by atoms with E-state index < -0.39 is 0 Å². The summed E-state index contributed by atoms with van der Waals surface area (Å²) in [7, 11) is 1.83. The number of hydrogen-bond acceptors (Lipinski definition) is 1. The third kappa shape index (κ3) is 22.0. The molecule has 1 rings (SSSR count). The van der Waals surface area contributed by atoms with Crippen LogP contribution in [-0.2, 0) is 4.74 Å². The van der Waals surface area contributed by atoms with Crippen molar-refractivity contribution in [1.82, 2.24) is 0 Å². The summed E-state index contributed by atoms with van der Waals surface area (Å²) in [5.41, 5.74) is 3.06. The van der Waals surface area contributed by atoms with Gasteiger partial charge in [0.2, 0.25) is 0 Å². The molecule has 0 aromatic rings. The lowest BCUT2D eigenvalue weighted by Gasteiger charge is -2.22. The normalized spacial score (nSPS) is 20.3. The third-order valence-corrected chi connectivity index (χ3v) is 10.7. The van der Waals surface area contributed by atoms with Gasteiger partial charge in [-0.3, -0.25) is 0 Å². The number of hydrogen-bond donors (Lipinski definition) is 0. The predicted octanol–water partition coefficient (Wildman–Crippen LogP) is 13.9. The summed E-state index contributed by atoms with van der Waals surface area (Å²) in [6.07, 6.45) is 32.8. The van der Waals surface area contributed by atoms with Gasteiger partial charge >= 0.3 is 0 Å². The minimum atomic E-state index is 0.0225. The monoisotopic (exact) mass is 587 g/mol. The Bertz CT molecular complexity index is 710. The van der Waals surface area contributed by atoms with Gasteiger partial charge in [-0.15, -0.1) is 0 Å². The summed E-state index contributed by atoms with van der Waals surface area (Å²) in [5, 5.41) is 0. The maximum atomic E-state index is 5.55. The number of ether oxygens (including phenoxy) is 1. The van der Waals surface area contributed by atoms with Crippen LogP contribution >= 0.6 is 0 Å². The predicted molar refractivity (Wildman–Crippen MR) is 190 cm³/mol. The zero-order chi connectivity index (χ0) is 31.4. The highest BCUT2D eigenvalue weighted by Crippen LogP contribution is 2.46. The van der Waals surface area contributed by atoms with Crippen LogP contribution < -0.4 is 0 Å². The molecule has 0 saturated heterocycles. The van der Waals surface area contributed by atoms with Gasteiger partial charge in [0, 0.05) is 7.11 Å². The molecule has 42 heavy (non-hydrogen) atoms. The van der Waals surface area contributed by atoms with Crippen molar-refractivity contribution in [2.75, 3.05) is 7.11 Å². The van der Waals surface area contributed by atoms with E-state index in [9.17, 15) is 0 Å². The molecule has 1 aliphatic rings. The Kier molecular flexibility index (Phi) is 21.5. The largest absolute Gasteiger partial charge is 0.379 e. The average Bonchev–Trinajstić information content (AvgIpc) is 3.68. The quantitative estimate of drug-likeness (QED) is 0.0687. The molecule has 0 aromatic heterocycles. The van der Waals surface area contributed by atoms with Gasteiger partial charge in [-0.1, -0.05) is 122 Å². The lowest BCUT2D eigenvalue weighted by molar-refractivity contribution is 0.0140. The van der Waals surface area contributed by atoms with Crippen molar-refractivity contribution in [2.24, 2.45) is 35.5 Å². The molecule has 248 valence electrons. The first-order chi connectivity index (χ1) is 19.9. The molecule has 0 spiro atoms. The van der Waals surface area contributed by atoms with Gasteiger partial charge in [-0.05, 0) is 128 Å². The SMILES string of the molecule is COC(C)(C)CCC/C(C)=C/CCC(C)CCCC(C)CCCC[C@H]1C[C@@H]1CCC(C)CCCC(C)CCC=C(C)C. The van der Waals surface area contributed by atoms with Crippen molar-refractivity contribution in [3.8, 4) is 0 Å². The van der Waals surface area contributed by atoms with Crippen LogP contribution in [0.1, 0.15) is 191 Å². The van der Waals surface area contributed by atoms with Crippen molar-refractivity contribution in [3.63, 3.8) is 0 Å². The van der Waals surface area contributed by atoms with Gasteiger partial charge in [-0.2, -0.15) is 0 Å². The molecule has 1 nitrogen and oxygen atoms in total. The van der Waals surface area contributed by atoms with E-state index in [-0.39, 0.29) is 5.60 Å². The highest BCUT2D eigenvalue weighted by molar-refractivity contribution is 4.98. The van der Waals surface area contributed by atoms with E-state index in [0.717, 1.165) is 41.9 Å². The molecule has 0 N–H and O–H groups in total. The summed E-state index contributed by atoms with van der Waals surface area (Å²) < 4.78 is 5.55. The summed E-state index contributed by atoms with van der Waals surface area (Å²) in [5.74, 6) is 5.77. The summed E-state index contributed by atoms with van der Waals surface area (Å²) >= 11 is 0. The van der Waals surface area contributed by atoms with E-state index in [4.69, 9.17) is 4.74 Å². The van der Waals surface area contributed by atoms with E-state index in [1.807, 2.05) is 7.11 Å². The fourth-order valence-electron chi connectivity index (χ4n) is 6.89. The van der Waals surface area contributed by atoms with Crippen molar-refractivity contribution >= 4 is 0 Å². The number of unbranched alkanes of at least 4 members (excludes halogenated alkanes) is 1. The Morgan fingerprint density at radius 1 is 0.643 bits per heavy atom. The zero-order valence-electron chi connectivity index (χ0n) is 30.7. The van der Waals surface area contributed by atoms with Gasteiger partial charge in [-0.25, -0.2) is 0 Å². The lowest BCUT2D eigenvalue weighted by Crippen LogP contribution is -2.21. The fraction of sp³-hybridized carbons (Fsp3) is 0.902. The van der Waals surface area contributed by atoms with Crippen LogP contribution in [0, 0.1) is 35.5 Å². The molecule has 0 aliphatic heterocycles. The lowest BCUT2D eigenvalue weighted by atomic mass is 9.92. The van der Waals surface area contributed by atoms with Crippen molar-refractivity contribution in [3.05, 3.63) is 23.3 Å². The molecule has 1 fully saturated rings. The van der Waals surface area contributed by atoms with Gasteiger partial charge in [0.25, 0.3) is 0 Å². The van der Waals surface area contributed by atoms with E-state index in [1.165, 1.54) is 121 Å². The smallest absolute Gasteiger partial charge is 0.0622 e. The van der Waals surface area contributed by atoms with Crippen molar-refractivity contribution in [2.45, 2.75) is 196 Å². The Hall–Kier alpha value is -0.560. The molecule has 0 aromatic carbocycles. The third-order valence-electron chi connectivity index (χ3n) is 10.7. The molecule has 4 unspecified atom stereocenters. The van der Waals surface area contributed by atoms with Gasteiger partial charge in [0.1, 0.15) is 0 Å². The Morgan fingerprint density at radius 3 is 1.71 bits per heavy atom. The number of rotatable bonds is 27. The Morgan fingerprint density at radius 2 is 1.14 bits per heavy atom. The summed E-state index contributed by atoms with van der Waals surface area (Å²) in [4.78, 5) is 0. The molecule has 0 radical (unpaired) electrons. The Balaban J connectivity index is 1.97. The first-order valence-corrected chi connectivity index (χ1v) is 18.8. The maximum Gasteiger partial charge on any atom is 0.0622 e. The molecule has 1 aliphatic carbocycles. The van der Waals surface area contributed by atoms with E-state index in [2.05, 4.69) is 74.5 Å². The van der Waals surface area contributed by atoms with Gasteiger partial charge < -0.3 is 4.74 Å². The minimum absolute atomic E-state index is 0.0225. The second kappa shape index (κ2) is 22.9. The van der Waals surface area contributed by atoms with E-state index >= 15 is 0 Å². The van der Waals surface area contributed by atoms with Gasteiger partial charge in [0.05, 0.1) is 5.60 Å². The first kappa shape index (κ1) is 39.5. The first-order valence-electron chi connectivity index (χ1n) is 18.8. The second-order valence-electron chi connectivity index (χ2n) is 16.2. The highest BCUT2D eigenvalue weighted by atomic mass is 16.5. The Labute approximate surface area is 266 Å².